The van der Waals surface area contributed by atoms with E-state index < -0.39 is 0 Å². The Morgan fingerprint density at radius 2 is 1.26 bits per heavy atom. The molecule has 2 aromatic rings. The molecule has 0 N–H and O–H groups in total. The average molecular weight is 653 g/mol. The van der Waals surface area contributed by atoms with Crippen LogP contribution in [0.25, 0.3) is 0 Å². The topological polar surface area (TPSA) is 61.9 Å². The summed E-state index contributed by atoms with van der Waals surface area (Å²) >= 11 is 0. The molecule has 0 amide bonds. The number of nitrogens with zero attached hydrogens (tertiary/aromatic N) is 2. The Balaban J connectivity index is 0.000000185. The molecule has 0 bridgehead atoms. The van der Waals surface area contributed by atoms with Crippen molar-refractivity contribution in [3.8, 4) is 23.0 Å². The molecule has 2 saturated carbocycles. The quantitative estimate of drug-likeness (QED) is 0.220. The lowest BCUT2D eigenvalue weighted by Crippen LogP contribution is -2.61. The molecule has 2 aliphatic heterocycles. The van der Waals surface area contributed by atoms with Crippen molar-refractivity contribution >= 4 is 0 Å². The number of rotatable bonds is 12. The van der Waals surface area contributed by atoms with Crippen molar-refractivity contribution in [1.82, 2.24) is 9.80 Å². The van der Waals surface area contributed by atoms with Gasteiger partial charge in [0.1, 0.15) is 23.7 Å². The second kappa shape index (κ2) is 17.8. The Morgan fingerprint density at radius 1 is 0.574 bits per heavy atom. The van der Waals surface area contributed by atoms with Gasteiger partial charge in [0.25, 0.3) is 0 Å². The van der Waals surface area contributed by atoms with Gasteiger partial charge in [0, 0.05) is 44.3 Å². The van der Waals surface area contributed by atoms with Crippen LogP contribution in [0.3, 0.4) is 0 Å². The normalized spacial score (nSPS) is 26.0. The molecule has 8 nitrogen and oxygen atoms in total. The Kier molecular flexibility index (Phi) is 13.5. The van der Waals surface area contributed by atoms with Crippen LogP contribution in [-0.4, -0.2) is 98.9 Å². The summed E-state index contributed by atoms with van der Waals surface area (Å²) < 4.78 is 35.0. The first-order chi connectivity index (χ1) is 22.8. The van der Waals surface area contributed by atoms with Gasteiger partial charge in [0.05, 0.1) is 38.6 Å². The lowest BCUT2D eigenvalue weighted by Gasteiger charge is -2.48. The van der Waals surface area contributed by atoms with Gasteiger partial charge in [-0.3, -0.25) is 9.80 Å². The third-order valence-corrected chi connectivity index (χ3v) is 9.91. The van der Waals surface area contributed by atoms with Gasteiger partial charge in [-0.2, -0.15) is 0 Å². The molecule has 8 heteroatoms. The summed E-state index contributed by atoms with van der Waals surface area (Å²) in [7, 11) is 3.37. The highest BCUT2D eigenvalue weighted by Gasteiger charge is 2.39. The van der Waals surface area contributed by atoms with Gasteiger partial charge in [-0.25, -0.2) is 0 Å². The first-order valence-corrected chi connectivity index (χ1v) is 18.2. The Labute approximate surface area is 284 Å². The van der Waals surface area contributed by atoms with Crippen LogP contribution in [0, 0.1) is 0 Å². The van der Waals surface area contributed by atoms with Crippen molar-refractivity contribution in [1.29, 1.82) is 0 Å². The second-order valence-corrected chi connectivity index (χ2v) is 14.3. The molecule has 262 valence electrons. The highest BCUT2D eigenvalue weighted by molar-refractivity contribution is 5.39. The second-order valence-electron chi connectivity index (χ2n) is 14.3. The van der Waals surface area contributed by atoms with E-state index in [0.717, 1.165) is 49.2 Å². The van der Waals surface area contributed by atoms with Crippen LogP contribution in [0.1, 0.15) is 85.5 Å². The fourth-order valence-corrected chi connectivity index (χ4v) is 7.56. The van der Waals surface area contributed by atoms with Crippen LogP contribution in [0.5, 0.6) is 23.0 Å². The first kappa shape index (κ1) is 35.8. The molecule has 6 rings (SSSR count). The summed E-state index contributed by atoms with van der Waals surface area (Å²) in [4.78, 5) is 5.12. The van der Waals surface area contributed by atoms with Crippen molar-refractivity contribution in [2.75, 3.05) is 40.4 Å². The molecule has 4 atom stereocenters. The van der Waals surface area contributed by atoms with E-state index in [9.17, 15) is 0 Å². The van der Waals surface area contributed by atoms with E-state index in [-0.39, 0.29) is 12.2 Å². The first-order valence-electron chi connectivity index (χ1n) is 18.2. The van der Waals surface area contributed by atoms with Gasteiger partial charge in [0.15, 0.2) is 11.5 Å². The summed E-state index contributed by atoms with van der Waals surface area (Å²) in [6.07, 6.45) is 13.3. The number of likely N-dealkylation sites (tertiary alicyclic amines) is 2. The number of methoxy groups -OCH3 is 2. The molecule has 4 unspecified atom stereocenters. The molecule has 47 heavy (non-hydrogen) atoms. The maximum absolute atomic E-state index is 6.15. The zero-order valence-corrected chi connectivity index (χ0v) is 29.8. The molecule has 0 spiro atoms. The molecule has 2 heterocycles. The number of para-hydroxylation sites is 2. The smallest absolute Gasteiger partial charge is 0.161 e. The molecule has 2 aliphatic carbocycles. The van der Waals surface area contributed by atoms with Gasteiger partial charge < -0.3 is 28.4 Å². The maximum atomic E-state index is 6.15. The zero-order valence-electron chi connectivity index (χ0n) is 29.8. The van der Waals surface area contributed by atoms with E-state index in [1.54, 1.807) is 14.2 Å². The van der Waals surface area contributed by atoms with Crippen LogP contribution >= 0.6 is 0 Å². The Bertz CT molecular complexity index is 1200. The van der Waals surface area contributed by atoms with E-state index in [1.807, 2.05) is 48.5 Å². The number of hydrogen-bond donors (Lipinski definition) is 0. The van der Waals surface area contributed by atoms with E-state index in [2.05, 4.69) is 37.5 Å². The summed E-state index contributed by atoms with van der Waals surface area (Å²) in [5, 5.41) is 0. The highest BCUT2D eigenvalue weighted by Crippen LogP contribution is 2.33. The van der Waals surface area contributed by atoms with Crippen molar-refractivity contribution in [2.45, 2.75) is 134 Å². The lowest BCUT2D eigenvalue weighted by atomic mass is 9.89. The van der Waals surface area contributed by atoms with Gasteiger partial charge >= 0.3 is 0 Å². The molecule has 0 aromatic heterocycles. The summed E-state index contributed by atoms with van der Waals surface area (Å²) in [6.45, 7) is 12.6. The van der Waals surface area contributed by atoms with Gasteiger partial charge in [-0.05, 0) is 96.9 Å². The number of benzene rings is 2. The van der Waals surface area contributed by atoms with Crippen LogP contribution in [0.4, 0.5) is 0 Å². The largest absolute Gasteiger partial charge is 0.497 e. The molecule has 2 saturated heterocycles. The fraction of sp³-hybridized carbons (Fsp3) is 0.692. The molecular weight excluding hydrogens is 592 g/mol. The summed E-state index contributed by atoms with van der Waals surface area (Å²) in [5.41, 5.74) is 0. The van der Waals surface area contributed by atoms with Crippen molar-refractivity contribution in [2.24, 2.45) is 0 Å². The monoisotopic (exact) mass is 652 g/mol. The maximum Gasteiger partial charge on any atom is 0.161 e. The van der Waals surface area contributed by atoms with Crippen molar-refractivity contribution in [3.05, 3.63) is 48.5 Å². The Hall–Kier alpha value is -2.52. The van der Waals surface area contributed by atoms with Crippen LogP contribution < -0.4 is 18.9 Å². The molecule has 4 aliphatic rings. The Morgan fingerprint density at radius 3 is 1.98 bits per heavy atom. The van der Waals surface area contributed by atoms with Crippen LogP contribution in [0.15, 0.2) is 48.5 Å². The minimum atomic E-state index is 0.281. The van der Waals surface area contributed by atoms with Gasteiger partial charge in [0.2, 0.25) is 0 Å². The zero-order chi connectivity index (χ0) is 33.2. The summed E-state index contributed by atoms with van der Waals surface area (Å²) in [5.74, 6) is 3.42. The van der Waals surface area contributed by atoms with E-state index in [0.29, 0.717) is 36.5 Å². The third-order valence-electron chi connectivity index (χ3n) is 9.91. The predicted molar refractivity (Wildman–Crippen MR) is 187 cm³/mol. The molecule has 0 radical (unpaired) electrons. The molecular formula is C39H60N2O6. The van der Waals surface area contributed by atoms with Crippen molar-refractivity contribution < 1.29 is 28.4 Å². The van der Waals surface area contributed by atoms with Gasteiger partial charge in [-0.1, -0.05) is 31.0 Å². The van der Waals surface area contributed by atoms with Gasteiger partial charge in [-0.15, -0.1) is 0 Å². The minimum absolute atomic E-state index is 0.281. The highest BCUT2D eigenvalue weighted by atomic mass is 16.5. The summed E-state index contributed by atoms with van der Waals surface area (Å²) in [6, 6.07) is 17.0. The lowest BCUT2D eigenvalue weighted by molar-refractivity contribution is -0.102. The fourth-order valence-electron chi connectivity index (χ4n) is 7.56. The minimum Gasteiger partial charge on any atom is -0.497 e. The van der Waals surface area contributed by atoms with E-state index in [1.165, 1.54) is 57.8 Å². The third kappa shape index (κ3) is 10.5. The average Bonchev–Trinajstić information content (AvgIpc) is 3.26. The predicted octanol–water partition coefficient (Wildman–Crippen LogP) is 7.38. The van der Waals surface area contributed by atoms with Crippen LogP contribution in [0.2, 0.25) is 0 Å². The number of ether oxygens (including phenoxy) is 6. The SMILES string of the molecule is COc1cccc(OC2CN(C3CCCCC3OC(C)C)C2)c1.COc1ccccc1OC1CN(C2CCCC(OC(C)C)CC2)C1. The number of hydrogen-bond acceptors (Lipinski definition) is 8. The molecule has 2 aromatic carbocycles. The van der Waals surface area contributed by atoms with E-state index in [4.69, 9.17) is 28.4 Å². The van der Waals surface area contributed by atoms with Crippen molar-refractivity contribution in [3.63, 3.8) is 0 Å². The van der Waals surface area contributed by atoms with E-state index >= 15 is 0 Å². The van der Waals surface area contributed by atoms with Crippen LogP contribution in [-0.2, 0) is 9.47 Å². The molecule has 4 fully saturated rings. The standard InChI is InChI=1S/C20H31NO3.C19H29NO3/c1-15(2)23-17-8-6-7-16(11-12-17)21-13-18(14-21)24-20-10-5-4-9-19(20)22-3;1-14(2)22-19-10-5-4-9-18(19)20-12-17(13-20)23-16-8-6-7-15(11-16)21-3/h4-5,9-10,15-18H,6-8,11-14H2,1-3H3;6-8,11,14,17-19H,4-5,9-10,12-13H2,1-3H3.